The molecule has 3 rings (SSSR count). The molecule has 0 aliphatic carbocycles. The third-order valence-electron chi connectivity index (χ3n) is 3.47. The minimum atomic E-state index is -1.10. The van der Waals surface area contributed by atoms with Crippen molar-refractivity contribution in [2.45, 2.75) is 12.5 Å². The van der Waals surface area contributed by atoms with Crippen LogP contribution in [-0.2, 0) is 5.60 Å². The zero-order valence-electron chi connectivity index (χ0n) is 10.9. The number of hydrogen-bond donors (Lipinski definition) is 1. The van der Waals surface area contributed by atoms with Crippen LogP contribution in [0.25, 0.3) is 10.8 Å². The summed E-state index contributed by atoms with van der Waals surface area (Å²) < 4.78 is 3.01. The Labute approximate surface area is 141 Å². The van der Waals surface area contributed by atoms with E-state index in [1.54, 1.807) is 13.3 Å². The van der Waals surface area contributed by atoms with Gasteiger partial charge in [0.05, 0.1) is 0 Å². The molecule has 1 N–H and O–H groups in total. The number of hydrogen-bond acceptors (Lipinski definition) is 2. The predicted octanol–water partition coefficient (Wildman–Crippen LogP) is 2.99. The summed E-state index contributed by atoms with van der Waals surface area (Å²) in [5.41, 5.74) is 0.466. The van der Waals surface area contributed by atoms with Gasteiger partial charge in [0.2, 0.25) is 0 Å². The van der Waals surface area contributed by atoms with E-state index >= 15 is 0 Å². The second kappa shape index (κ2) is 5.23. The maximum absolute atomic E-state index is 11.0. The number of benzene rings is 2. The van der Waals surface area contributed by atoms with Gasteiger partial charge in [0.15, 0.2) is 0 Å². The van der Waals surface area contributed by atoms with E-state index in [0.29, 0.717) is 31.8 Å². The summed E-state index contributed by atoms with van der Waals surface area (Å²) in [6.45, 7) is 1.80. The van der Waals surface area contributed by atoms with Gasteiger partial charge in [0.1, 0.15) is 0 Å². The molecule has 0 amide bonds. The van der Waals surface area contributed by atoms with Gasteiger partial charge in [-0.2, -0.15) is 0 Å². The molecule has 3 nitrogen and oxygen atoms in total. The Hall–Kier alpha value is -0.728. The summed E-state index contributed by atoms with van der Waals surface area (Å²) >= 11 is 4.15. The molecule has 0 aliphatic heterocycles. The first-order valence-corrected chi connectivity index (χ1v) is 8.99. The average Bonchev–Trinajstić information content (AvgIpc) is 2.85. The van der Waals surface area contributed by atoms with Gasteiger partial charge in [-0.3, -0.25) is 0 Å². The van der Waals surface area contributed by atoms with Crippen LogP contribution in [0.2, 0.25) is 0 Å². The quantitative estimate of drug-likeness (QED) is 0.528. The number of imidazole rings is 1. The van der Waals surface area contributed by atoms with Crippen LogP contribution >= 0.6 is 15.9 Å². The van der Waals surface area contributed by atoms with Crippen LogP contribution in [0.3, 0.4) is 0 Å². The Bertz CT molecular complexity index is 782. The van der Waals surface area contributed by atoms with E-state index in [1.165, 1.54) is 0 Å². The van der Waals surface area contributed by atoms with Crippen molar-refractivity contribution in [2.24, 2.45) is 0 Å². The number of nitrogens with zero attached hydrogens (tertiary/aromatic N) is 2. The first kappa shape index (κ1) is 14.2. The molecule has 20 heavy (non-hydrogen) atoms. The molecule has 1 atom stereocenters. The van der Waals surface area contributed by atoms with Crippen LogP contribution in [0.15, 0.2) is 53.4 Å². The van der Waals surface area contributed by atoms with E-state index in [4.69, 9.17) is 0 Å². The molecule has 0 aliphatic rings. The number of halogens is 1. The number of rotatable bonds is 2. The van der Waals surface area contributed by atoms with Crippen LogP contribution < -0.4 is 0 Å². The van der Waals surface area contributed by atoms with Crippen molar-refractivity contribution in [3.8, 4) is 0 Å². The van der Waals surface area contributed by atoms with Gasteiger partial charge in [-0.05, 0) is 0 Å². The second-order valence-corrected chi connectivity index (χ2v) is 8.18. The zero-order valence-corrected chi connectivity index (χ0v) is 17.0. The van der Waals surface area contributed by atoms with E-state index in [-0.39, 0.29) is 0 Å². The van der Waals surface area contributed by atoms with Gasteiger partial charge < -0.3 is 0 Å². The molecule has 98 valence electrons. The van der Waals surface area contributed by atoms with Crippen LogP contribution in [0.5, 0.6) is 0 Å². The summed E-state index contributed by atoms with van der Waals surface area (Å²) in [5, 5.41) is 13.1. The molecule has 1 aromatic heterocycles. The Balaban J connectivity index is 2.25. The molecule has 0 bridgehead atoms. The summed E-state index contributed by atoms with van der Waals surface area (Å²) in [4.78, 5) is 4.34. The van der Waals surface area contributed by atoms with Crippen molar-refractivity contribution >= 4 is 52.8 Å². The van der Waals surface area contributed by atoms with Gasteiger partial charge in [-0.1, -0.05) is 0 Å². The van der Waals surface area contributed by atoms with E-state index in [2.05, 4.69) is 20.9 Å². The van der Waals surface area contributed by atoms with Crippen LogP contribution in [0.1, 0.15) is 18.2 Å². The van der Waals surface area contributed by atoms with E-state index in [9.17, 15) is 5.11 Å². The number of aliphatic hydroxyl groups is 1. The van der Waals surface area contributed by atoms with E-state index in [1.807, 2.05) is 45.0 Å². The van der Waals surface area contributed by atoms with Crippen LogP contribution in [0, 0.1) is 0 Å². The van der Waals surface area contributed by atoms with Gasteiger partial charge >= 0.3 is 142 Å². The summed E-state index contributed by atoms with van der Waals surface area (Å²) in [6, 6.07) is 12.1. The number of fused-ring (bicyclic) bond motifs is 1. The molecule has 5 heteroatoms. The molecule has 0 radical (unpaired) electrons. The predicted molar refractivity (Wildman–Crippen MR) is 83.7 cm³/mol. The molecule has 0 fully saturated rings. The maximum atomic E-state index is 11.0. The van der Waals surface area contributed by atoms with Crippen LogP contribution in [0.4, 0.5) is 0 Å². The Morgan fingerprint density at radius 1 is 1.30 bits per heavy atom. The van der Waals surface area contributed by atoms with Crippen molar-refractivity contribution in [1.29, 1.82) is 0 Å². The summed E-state index contributed by atoms with van der Waals surface area (Å²) in [6.07, 6.45) is 3.69. The first-order valence-electron chi connectivity index (χ1n) is 6.19. The topological polar surface area (TPSA) is 38.0 Å². The fourth-order valence-corrected chi connectivity index (χ4v) is 3.56. The third kappa shape index (κ3) is 2.44. The van der Waals surface area contributed by atoms with Crippen molar-refractivity contribution in [1.82, 2.24) is 7.36 Å². The normalized spacial score (nSPS) is 14.3. The molecular formula is C15H12BrN2OTl. The molecule has 1 heterocycles. The fraction of sp³-hybridized carbons (Fsp3) is 0.133. The van der Waals surface area contributed by atoms with Crippen molar-refractivity contribution in [3.63, 3.8) is 0 Å². The van der Waals surface area contributed by atoms with Gasteiger partial charge in [-0.25, -0.2) is 0 Å². The van der Waals surface area contributed by atoms with Crippen molar-refractivity contribution in [3.05, 3.63) is 64.7 Å². The standard InChI is InChI=1S/C15H12BrN2O.Tl/c1-15(19,14-8-17-9-18-14)13-4-2-3-10-5-6-11(16)7-12(10)13;/h2-9,19H,1H3;/q-1;+1. The third-order valence-corrected chi connectivity index (χ3v) is 5.06. The Morgan fingerprint density at radius 3 is 2.80 bits per heavy atom. The fourth-order valence-electron chi connectivity index (χ4n) is 2.40. The van der Waals surface area contributed by atoms with Gasteiger partial charge in [-0.15, -0.1) is 0 Å². The molecule has 3 aromatic rings. The van der Waals surface area contributed by atoms with E-state index < -0.39 is 5.60 Å². The molecule has 2 aromatic carbocycles. The van der Waals surface area contributed by atoms with Gasteiger partial charge in [0, 0.05) is 0 Å². The van der Waals surface area contributed by atoms with Crippen molar-refractivity contribution in [2.75, 3.05) is 0 Å². The average molecular weight is 521 g/mol. The molecular weight excluding hydrogens is 508 g/mol. The van der Waals surface area contributed by atoms with E-state index in [0.717, 1.165) is 20.8 Å². The number of aromatic nitrogens is 2. The summed E-state index contributed by atoms with van der Waals surface area (Å²) in [5.74, 6) is 0. The van der Waals surface area contributed by atoms with Gasteiger partial charge in [0.25, 0.3) is 0 Å². The zero-order chi connectivity index (χ0) is 14.3. The minimum absolute atomic E-state index is 0.652. The molecule has 0 saturated carbocycles. The first-order chi connectivity index (χ1) is 9.48. The SMILES string of the molecule is CC(O)(c1c[n]([Tl])cn1)c1cccc2ccc(Br)cc12. The molecule has 0 saturated heterocycles. The van der Waals surface area contributed by atoms with Crippen LogP contribution in [-0.4, -0.2) is 38.5 Å². The van der Waals surface area contributed by atoms with Crippen molar-refractivity contribution < 1.29 is 5.11 Å². The summed E-state index contributed by atoms with van der Waals surface area (Å²) in [7, 11) is 0. The Kier molecular flexibility index (Phi) is 3.72. The molecule has 0 spiro atoms. The molecule has 1 unspecified atom stereocenters. The second-order valence-electron chi connectivity index (χ2n) is 4.95. The monoisotopic (exact) mass is 520 g/mol. The Morgan fingerprint density at radius 2 is 2.10 bits per heavy atom.